The summed E-state index contributed by atoms with van der Waals surface area (Å²) in [6.07, 6.45) is -0.794. The molecule has 1 heterocycles. The lowest BCUT2D eigenvalue weighted by atomic mass is 9.74. The fourth-order valence-electron chi connectivity index (χ4n) is 2.79. The zero-order valence-electron chi connectivity index (χ0n) is 16.4. The van der Waals surface area contributed by atoms with Crippen molar-refractivity contribution in [3.8, 4) is 0 Å². The van der Waals surface area contributed by atoms with Gasteiger partial charge in [-0.05, 0) is 30.5 Å². The first-order chi connectivity index (χ1) is 13.7. The molecule has 1 aromatic carbocycles. The number of amides is 1. The number of benzene rings is 1. The SMILES string of the molecule is COC(=O)C[C@@H]1OB([C@H](CC(C)C)NC(=O)CNc2cc(Cl)ccc2Cl)OC1=O. The Balaban J connectivity index is 1.97. The van der Waals surface area contributed by atoms with E-state index in [1.54, 1.807) is 18.2 Å². The summed E-state index contributed by atoms with van der Waals surface area (Å²) < 4.78 is 15.4. The maximum Gasteiger partial charge on any atom is 0.552 e. The number of carbonyl (C=O) groups is 3. The summed E-state index contributed by atoms with van der Waals surface area (Å²) in [4.78, 5) is 35.8. The Morgan fingerprint density at radius 2 is 2.03 bits per heavy atom. The number of anilines is 1. The van der Waals surface area contributed by atoms with Crippen LogP contribution in [0.2, 0.25) is 10.0 Å². The Labute approximate surface area is 179 Å². The van der Waals surface area contributed by atoms with E-state index in [2.05, 4.69) is 15.4 Å². The van der Waals surface area contributed by atoms with Crippen LogP contribution < -0.4 is 10.6 Å². The smallest absolute Gasteiger partial charge is 0.506 e. The maximum absolute atomic E-state index is 12.4. The molecule has 1 fully saturated rings. The predicted octanol–water partition coefficient (Wildman–Crippen LogP) is 2.47. The van der Waals surface area contributed by atoms with E-state index < -0.39 is 31.1 Å². The Morgan fingerprint density at radius 3 is 2.69 bits per heavy atom. The van der Waals surface area contributed by atoms with E-state index in [4.69, 9.17) is 32.5 Å². The van der Waals surface area contributed by atoms with Crippen molar-refractivity contribution in [3.05, 3.63) is 28.2 Å². The summed E-state index contributed by atoms with van der Waals surface area (Å²) in [6, 6.07) is 4.88. The second-order valence-electron chi connectivity index (χ2n) is 6.99. The maximum atomic E-state index is 12.4. The van der Waals surface area contributed by atoms with E-state index in [-0.39, 0.29) is 24.8 Å². The highest BCUT2D eigenvalue weighted by molar-refractivity contribution is 6.51. The standard InChI is InChI=1S/C18H23BCl2N2O6/c1-10(2)6-15(19-28-14(18(26)29-19)8-17(25)27-3)23-16(24)9-22-13-7-11(20)4-5-12(13)21/h4-5,7,10,14-15,22H,6,8-9H2,1-3H3,(H,23,24)/t14-,15-/m0/s1. The summed E-state index contributed by atoms with van der Waals surface area (Å²) in [6.45, 7) is 3.86. The molecule has 2 rings (SSSR count). The Kier molecular flexibility index (Phi) is 8.61. The molecule has 29 heavy (non-hydrogen) atoms. The van der Waals surface area contributed by atoms with E-state index in [1.807, 2.05) is 13.8 Å². The lowest BCUT2D eigenvalue weighted by molar-refractivity contribution is -0.147. The molecule has 1 saturated heterocycles. The van der Waals surface area contributed by atoms with Crippen molar-refractivity contribution in [1.82, 2.24) is 5.32 Å². The third kappa shape index (κ3) is 7.10. The molecule has 2 N–H and O–H groups in total. The molecule has 8 nitrogen and oxygen atoms in total. The second kappa shape index (κ2) is 10.7. The van der Waals surface area contributed by atoms with Crippen LogP contribution in [0.25, 0.3) is 0 Å². The van der Waals surface area contributed by atoms with Gasteiger partial charge in [0.1, 0.15) is 0 Å². The minimum absolute atomic E-state index is 0.0685. The molecule has 158 valence electrons. The minimum Gasteiger partial charge on any atom is -0.506 e. The number of methoxy groups -OCH3 is 1. The fourth-order valence-corrected chi connectivity index (χ4v) is 3.15. The second-order valence-corrected chi connectivity index (χ2v) is 7.84. The van der Waals surface area contributed by atoms with Crippen LogP contribution in [0, 0.1) is 5.92 Å². The third-order valence-electron chi connectivity index (χ3n) is 4.14. The molecule has 1 amide bonds. The van der Waals surface area contributed by atoms with E-state index in [0.29, 0.717) is 22.2 Å². The molecule has 2 atom stereocenters. The van der Waals surface area contributed by atoms with Crippen LogP contribution in [0.4, 0.5) is 5.69 Å². The van der Waals surface area contributed by atoms with Gasteiger partial charge in [0.05, 0.1) is 36.7 Å². The summed E-state index contributed by atoms with van der Waals surface area (Å²) in [5.74, 6) is -1.97. The van der Waals surface area contributed by atoms with Crippen LogP contribution in [-0.4, -0.2) is 50.7 Å². The first kappa shape index (κ1) is 23.3. The highest BCUT2D eigenvalue weighted by Gasteiger charge is 2.46. The molecule has 0 aromatic heterocycles. The minimum atomic E-state index is -1.05. The predicted molar refractivity (Wildman–Crippen MR) is 110 cm³/mol. The van der Waals surface area contributed by atoms with Crippen molar-refractivity contribution in [2.75, 3.05) is 19.0 Å². The van der Waals surface area contributed by atoms with Gasteiger partial charge in [0, 0.05) is 5.02 Å². The number of halogens is 2. The van der Waals surface area contributed by atoms with Crippen LogP contribution in [0.3, 0.4) is 0 Å². The lowest BCUT2D eigenvalue weighted by Crippen LogP contribution is -2.49. The first-order valence-electron chi connectivity index (χ1n) is 9.10. The van der Waals surface area contributed by atoms with Crippen LogP contribution in [0.15, 0.2) is 18.2 Å². The molecule has 1 aliphatic heterocycles. The summed E-state index contributed by atoms with van der Waals surface area (Å²) >= 11 is 12.0. The number of hydrogen-bond donors (Lipinski definition) is 2. The molecular weight excluding hydrogens is 422 g/mol. The number of carbonyl (C=O) groups excluding carboxylic acids is 3. The Bertz CT molecular complexity index is 764. The van der Waals surface area contributed by atoms with Gasteiger partial charge in [-0.25, -0.2) is 0 Å². The summed E-state index contributed by atoms with van der Waals surface area (Å²) in [5, 5.41) is 6.64. The average molecular weight is 445 g/mol. The van der Waals surface area contributed by atoms with Gasteiger partial charge < -0.3 is 24.7 Å². The van der Waals surface area contributed by atoms with Gasteiger partial charge >= 0.3 is 19.1 Å². The van der Waals surface area contributed by atoms with Gasteiger partial charge in [0.15, 0.2) is 6.10 Å². The van der Waals surface area contributed by atoms with Gasteiger partial charge in [0.25, 0.3) is 0 Å². The fraction of sp³-hybridized carbons (Fsp3) is 0.500. The third-order valence-corrected chi connectivity index (χ3v) is 4.71. The molecule has 0 unspecified atom stereocenters. The van der Waals surface area contributed by atoms with E-state index in [1.165, 1.54) is 7.11 Å². The molecule has 0 bridgehead atoms. The van der Waals surface area contributed by atoms with Crippen molar-refractivity contribution in [3.63, 3.8) is 0 Å². The summed E-state index contributed by atoms with van der Waals surface area (Å²) in [5.41, 5.74) is 0.524. The highest BCUT2D eigenvalue weighted by atomic mass is 35.5. The molecule has 1 aliphatic rings. The van der Waals surface area contributed by atoms with Crippen molar-refractivity contribution >= 4 is 53.9 Å². The van der Waals surface area contributed by atoms with Gasteiger partial charge in [-0.3, -0.25) is 14.4 Å². The monoisotopic (exact) mass is 444 g/mol. The largest absolute Gasteiger partial charge is 0.552 e. The van der Waals surface area contributed by atoms with Crippen LogP contribution >= 0.6 is 23.2 Å². The van der Waals surface area contributed by atoms with E-state index in [0.717, 1.165) is 0 Å². The Hall–Kier alpha value is -1.97. The van der Waals surface area contributed by atoms with E-state index >= 15 is 0 Å². The normalized spacial score (nSPS) is 17.1. The van der Waals surface area contributed by atoms with Crippen LogP contribution in [0.5, 0.6) is 0 Å². The summed E-state index contributed by atoms with van der Waals surface area (Å²) in [7, 11) is 0.236. The van der Waals surface area contributed by atoms with Gasteiger partial charge in [-0.15, -0.1) is 0 Å². The van der Waals surface area contributed by atoms with Crippen molar-refractivity contribution in [2.24, 2.45) is 5.92 Å². The number of rotatable bonds is 9. The highest BCUT2D eigenvalue weighted by Crippen LogP contribution is 2.25. The van der Waals surface area contributed by atoms with Crippen LogP contribution in [0.1, 0.15) is 26.7 Å². The molecule has 11 heteroatoms. The van der Waals surface area contributed by atoms with Gasteiger partial charge in [0.2, 0.25) is 5.91 Å². The quantitative estimate of drug-likeness (QED) is 0.445. The zero-order chi connectivity index (χ0) is 21.6. The van der Waals surface area contributed by atoms with Crippen molar-refractivity contribution < 1.29 is 28.4 Å². The van der Waals surface area contributed by atoms with Gasteiger partial charge in [-0.2, -0.15) is 0 Å². The number of hydrogen-bond acceptors (Lipinski definition) is 7. The molecular formula is C18H23BCl2N2O6. The topological polar surface area (TPSA) is 103 Å². The molecule has 1 aromatic rings. The van der Waals surface area contributed by atoms with Crippen molar-refractivity contribution in [1.29, 1.82) is 0 Å². The lowest BCUT2D eigenvalue weighted by Gasteiger charge is -2.21. The van der Waals surface area contributed by atoms with Crippen molar-refractivity contribution in [2.45, 2.75) is 38.7 Å². The first-order valence-corrected chi connectivity index (χ1v) is 9.86. The molecule has 0 radical (unpaired) electrons. The van der Waals surface area contributed by atoms with Crippen LogP contribution in [-0.2, 0) is 28.4 Å². The zero-order valence-corrected chi connectivity index (χ0v) is 17.9. The molecule has 0 aliphatic carbocycles. The molecule has 0 spiro atoms. The number of ether oxygens (including phenoxy) is 1. The number of nitrogens with one attached hydrogen (secondary N) is 2. The number of esters is 1. The molecule has 0 saturated carbocycles. The van der Waals surface area contributed by atoms with Gasteiger partial charge in [-0.1, -0.05) is 37.0 Å². The average Bonchev–Trinajstić information content (AvgIpc) is 3.02. The Morgan fingerprint density at radius 1 is 1.31 bits per heavy atom. The van der Waals surface area contributed by atoms with E-state index in [9.17, 15) is 14.4 Å².